The number of nitrogens with one attached hydrogen (secondary N) is 2. The third kappa shape index (κ3) is 6.52. The molecular formula is C28H38Cl4N2O2. The summed E-state index contributed by atoms with van der Waals surface area (Å²) in [4.78, 5) is 0. The van der Waals surface area contributed by atoms with E-state index in [4.69, 9.17) is 46.4 Å². The monoisotopic (exact) mass is 574 g/mol. The summed E-state index contributed by atoms with van der Waals surface area (Å²) >= 11 is 24.2. The molecule has 4 atom stereocenters. The molecule has 200 valence electrons. The number of hydrogen-bond donors (Lipinski definition) is 4. The smallest absolute Gasteiger partial charge is 0.0649 e. The second-order valence-corrected chi connectivity index (χ2v) is 11.8. The van der Waals surface area contributed by atoms with Crippen molar-refractivity contribution in [1.82, 2.24) is 10.6 Å². The molecule has 8 heteroatoms. The number of halogens is 4. The van der Waals surface area contributed by atoms with Gasteiger partial charge in [0.2, 0.25) is 0 Å². The second-order valence-electron chi connectivity index (χ2n) is 10.2. The maximum atomic E-state index is 10.4. The van der Waals surface area contributed by atoms with Crippen LogP contribution in [0.3, 0.4) is 0 Å². The SMILES string of the molecule is CNC[C@@]1(c2ccc(Cl)c(Cl)c2)CCCC[C@H]1O.CNC[C@]1(c2ccc(Cl)c(Cl)c2)CCCC[C@@H]1O. The van der Waals surface area contributed by atoms with Crippen molar-refractivity contribution >= 4 is 46.4 Å². The molecule has 2 fully saturated rings. The van der Waals surface area contributed by atoms with Gasteiger partial charge >= 0.3 is 0 Å². The first-order valence-corrected chi connectivity index (χ1v) is 14.3. The van der Waals surface area contributed by atoms with Crippen molar-refractivity contribution in [3.05, 3.63) is 67.6 Å². The Balaban J connectivity index is 0.000000201. The molecule has 2 aromatic carbocycles. The van der Waals surface area contributed by atoms with Crippen LogP contribution in [0.1, 0.15) is 62.5 Å². The van der Waals surface area contributed by atoms with Gasteiger partial charge in [0.1, 0.15) is 0 Å². The minimum absolute atomic E-state index is 0.235. The molecule has 2 aliphatic carbocycles. The van der Waals surface area contributed by atoms with E-state index in [-0.39, 0.29) is 23.0 Å². The second kappa shape index (κ2) is 13.5. The zero-order valence-electron chi connectivity index (χ0n) is 21.1. The van der Waals surface area contributed by atoms with E-state index in [1.807, 2.05) is 50.5 Å². The summed E-state index contributed by atoms with van der Waals surface area (Å²) in [6, 6.07) is 11.4. The fourth-order valence-electron chi connectivity index (χ4n) is 5.97. The molecule has 4 nitrogen and oxygen atoms in total. The average Bonchev–Trinajstić information content (AvgIpc) is 2.86. The molecule has 4 N–H and O–H groups in total. The highest BCUT2D eigenvalue weighted by atomic mass is 35.5. The standard InChI is InChI=1S/2C14H19Cl2NO/c2*1-17-9-14(7-3-2-4-13(14)18)10-5-6-11(15)12(16)8-10/h2*5-6,8,13,17-18H,2-4,7,9H2,1H3/t2*13-,14-/m10/s1. The Morgan fingerprint density at radius 3 is 1.36 bits per heavy atom. The van der Waals surface area contributed by atoms with E-state index in [9.17, 15) is 10.2 Å². The minimum Gasteiger partial charge on any atom is -0.392 e. The lowest BCUT2D eigenvalue weighted by molar-refractivity contribution is 0.0423. The van der Waals surface area contributed by atoms with Crippen molar-refractivity contribution in [2.45, 2.75) is 74.4 Å². The Bertz CT molecular complexity index is 920. The average molecular weight is 576 g/mol. The molecule has 2 saturated carbocycles. The molecule has 4 rings (SSSR count). The van der Waals surface area contributed by atoms with E-state index in [1.54, 1.807) is 0 Å². The first-order chi connectivity index (χ1) is 17.2. The Hall–Kier alpha value is -0.560. The third-order valence-corrected chi connectivity index (χ3v) is 9.43. The van der Waals surface area contributed by atoms with Crippen molar-refractivity contribution < 1.29 is 10.2 Å². The van der Waals surface area contributed by atoms with Crippen LogP contribution in [-0.4, -0.2) is 49.6 Å². The summed E-state index contributed by atoms with van der Waals surface area (Å²) in [5.74, 6) is 0. The summed E-state index contributed by atoms with van der Waals surface area (Å²) < 4.78 is 0. The number of benzene rings is 2. The van der Waals surface area contributed by atoms with Crippen LogP contribution < -0.4 is 10.6 Å². The van der Waals surface area contributed by atoms with Crippen molar-refractivity contribution in [3.63, 3.8) is 0 Å². The molecule has 0 saturated heterocycles. The minimum atomic E-state index is -0.323. The molecular weight excluding hydrogens is 538 g/mol. The van der Waals surface area contributed by atoms with Crippen LogP contribution in [-0.2, 0) is 10.8 Å². The molecule has 0 aromatic heterocycles. The maximum absolute atomic E-state index is 10.4. The van der Waals surface area contributed by atoms with Gasteiger partial charge < -0.3 is 20.8 Å². The molecule has 0 spiro atoms. The number of hydrogen-bond acceptors (Lipinski definition) is 4. The van der Waals surface area contributed by atoms with E-state index in [0.717, 1.165) is 75.6 Å². The van der Waals surface area contributed by atoms with Gasteiger partial charge in [-0.05, 0) is 75.2 Å². The molecule has 2 aromatic rings. The molecule has 36 heavy (non-hydrogen) atoms. The highest BCUT2D eigenvalue weighted by Gasteiger charge is 2.42. The van der Waals surface area contributed by atoms with Crippen LogP contribution in [0.25, 0.3) is 0 Å². The summed E-state index contributed by atoms with van der Waals surface area (Å²) in [5.41, 5.74) is 1.69. The Labute approximate surface area is 235 Å². The summed E-state index contributed by atoms with van der Waals surface area (Å²) in [5, 5.41) is 29.5. The highest BCUT2D eigenvalue weighted by Crippen LogP contribution is 2.42. The lowest BCUT2D eigenvalue weighted by atomic mass is 9.67. The van der Waals surface area contributed by atoms with Crippen LogP contribution in [0.5, 0.6) is 0 Å². The fourth-order valence-corrected chi connectivity index (χ4v) is 6.57. The molecule has 2 aliphatic rings. The Kier molecular flexibility index (Phi) is 11.2. The van der Waals surface area contributed by atoms with Crippen LogP contribution in [0.4, 0.5) is 0 Å². The van der Waals surface area contributed by atoms with Crippen molar-refractivity contribution in [2.24, 2.45) is 0 Å². The van der Waals surface area contributed by atoms with Gasteiger partial charge in [0, 0.05) is 23.9 Å². The van der Waals surface area contributed by atoms with Crippen LogP contribution in [0.2, 0.25) is 20.1 Å². The quantitative estimate of drug-likeness (QED) is 0.307. The van der Waals surface area contributed by atoms with Crippen LogP contribution in [0, 0.1) is 0 Å². The zero-order chi connectivity index (χ0) is 26.3. The maximum Gasteiger partial charge on any atom is 0.0649 e. The van der Waals surface area contributed by atoms with E-state index >= 15 is 0 Å². The lowest BCUT2D eigenvalue weighted by Crippen LogP contribution is -2.48. The van der Waals surface area contributed by atoms with E-state index in [0.29, 0.717) is 20.1 Å². The summed E-state index contributed by atoms with van der Waals surface area (Å²) in [6.07, 6.45) is 7.47. The summed E-state index contributed by atoms with van der Waals surface area (Å²) in [7, 11) is 3.83. The molecule has 0 aliphatic heterocycles. The number of likely N-dealkylation sites (N-methyl/N-ethyl adjacent to an activating group) is 2. The normalized spacial score (nSPS) is 28.3. The van der Waals surface area contributed by atoms with Gasteiger partial charge in [0.05, 0.1) is 32.3 Å². The molecule has 0 amide bonds. The van der Waals surface area contributed by atoms with Gasteiger partial charge in [-0.25, -0.2) is 0 Å². The molecule has 0 radical (unpaired) electrons. The Morgan fingerprint density at radius 1 is 0.667 bits per heavy atom. The van der Waals surface area contributed by atoms with Gasteiger partial charge in [0.15, 0.2) is 0 Å². The predicted molar refractivity (Wildman–Crippen MR) is 153 cm³/mol. The van der Waals surface area contributed by atoms with Gasteiger partial charge in [-0.2, -0.15) is 0 Å². The number of rotatable bonds is 6. The third-order valence-electron chi connectivity index (χ3n) is 7.95. The van der Waals surface area contributed by atoms with Crippen molar-refractivity contribution in [3.8, 4) is 0 Å². The summed E-state index contributed by atoms with van der Waals surface area (Å²) in [6.45, 7) is 1.51. The van der Waals surface area contributed by atoms with E-state index in [1.165, 1.54) is 0 Å². The molecule has 0 heterocycles. The first kappa shape index (κ1) is 30.0. The number of aliphatic hydroxyl groups excluding tert-OH is 2. The topological polar surface area (TPSA) is 64.5 Å². The highest BCUT2D eigenvalue weighted by molar-refractivity contribution is 6.42. The van der Waals surface area contributed by atoms with Gasteiger partial charge in [-0.1, -0.05) is 84.2 Å². The van der Waals surface area contributed by atoms with Crippen molar-refractivity contribution in [2.75, 3.05) is 27.2 Å². The lowest BCUT2D eigenvalue weighted by Gasteiger charge is -2.42. The fraction of sp³-hybridized carbons (Fsp3) is 0.571. The predicted octanol–water partition coefficient (Wildman–Crippen LogP) is 6.77. The Morgan fingerprint density at radius 2 is 1.06 bits per heavy atom. The first-order valence-electron chi connectivity index (χ1n) is 12.8. The van der Waals surface area contributed by atoms with Gasteiger partial charge in [0.25, 0.3) is 0 Å². The largest absolute Gasteiger partial charge is 0.392 e. The molecule has 0 unspecified atom stereocenters. The van der Waals surface area contributed by atoms with Gasteiger partial charge in [-0.15, -0.1) is 0 Å². The number of aliphatic hydroxyl groups is 2. The zero-order valence-corrected chi connectivity index (χ0v) is 24.1. The van der Waals surface area contributed by atoms with Crippen LogP contribution >= 0.6 is 46.4 Å². The van der Waals surface area contributed by atoms with Crippen LogP contribution in [0.15, 0.2) is 36.4 Å². The van der Waals surface area contributed by atoms with E-state index in [2.05, 4.69) is 10.6 Å². The van der Waals surface area contributed by atoms with E-state index < -0.39 is 0 Å². The molecule has 0 bridgehead atoms. The van der Waals surface area contributed by atoms with Crippen molar-refractivity contribution in [1.29, 1.82) is 0 Å². The van der Waals surface area contributed by atoms with Gasteiger partial charge in [-0.3, -0.25) is 0 Å².